The first-order valence-electron chi connectivity index (χ1n) is 17.0. The van der Waals surface area contributed by atoms with Crippen LogP contribution in [0.25, 0.3) is 0 Å². The molecule has 1 unspecified atom stereocenters. The van der Waals surface area contributed by atoms with E-state index in [0.717, 1.165) is 57.8 Å². The zero-order chi connectivity index (χ0) is 33.9. The van der Waals surface area contributed by atoms with E-state index in [9.17, 15) is 28.8 Å². The second-order valence-corrected chi connectivity index (χ2v) is 13.5. The monoisotopic (exact) mass is 646 g/mol. The van der Waals surface area contributed by atoms with Crippen molar-refractivity contribution in [1.29, 1.82) is 0 Å². The average molecular weight is 647 g/mol. The summed E-state index contributed by atoms with van der Waals surface area (Å²) in [4.78, 5) is 80.3. The molecule has 3 fully saturated rings. The van der Waals surface area contributed by atoms with E-state index in [4.69, 9.17) is 10.5 Å². The van der Waals surface area contributed by atoms with E-state index in [-0.39, 0.29) is 31.5 Å². The van der Waals surface area contributed by atoms with Gasteiger partial charge in [-0.25, -0.2) is 9.59 Å². The molecule has 0 aromatic heterocycles. The molecule has 0 aromatic carbocycles. The maximum Gasteiger partial charge on any atom is 0.404 e. The van der Waals surface area contributed by atoms with Crippen LogP contribution in [0.1, 0.15) is 111 Å². The maximum atomic E-state index is 14.5. The second-order valence-electron chi connectivity index (χ2n) is 13.5. The molecule has 1 saturated heterocycles. The van der Waals surface area contributed by atoms with Crippen molar-refractivity contribution >= 4 is 35.6 Å². The van der Waals surface area contributed by atoms with Crippen LogP contribution in [0.5, 0.6) is 0 Å². The van der Waals surface area contributed by atoms with E-state index in [1.807, 2.05) is 13.8 Å². The van der Waals surface area contributed by atoms with Gasteiger partial charge in [0.2, 0.25) is 17.6 Å². The lowest BCUT2D eigenvalue weighted by Gasteiger charge is -2.43. The highest BCUT2D eigenvalue weighted by Gasteiger charge is 2.49. The summed E-state index contributed by atoms with van der Waals surface area (Å²) in [6.45, 7) is 9.37. The van der Waals surface area contributed by atoms with Gasteiger partial charge in [0.15, 0.2) is 0 Å². The summed E-state index contributed by atoms with van der Waals surface area (Å²) in [5.74, 6) is -2.78. The Bertz CT molecular complexity index is 1130. The first kappa shape index (κ1) is 36.8. The molecule has 2 aliphatic carbocycles. The van der Waals surface area contributed by atoms with Gasteiger partial charge in [-0.1, -0.05) is 71.8 Å². The van der Waals surface area contributed by atoms with Crippen molar-refractivity contribution in [3.05, 3.63) is 12.7 Å². The van der Waals surface area contributed by atoms with E-state index in [1.54, 1.807) is 0 Å². The molecule has 13 nitrogen and oxygen atoms in total. The summed E-state index contributed by atoms with van der Waals surface area (Å²) in [5, 5.41) is 11.3. The molecule has 2 saturated carbocycles. The quantitative estimate of drug-likeness (QED) is 0.142. The number of nitrogens with one attached hydrogen (secondary N) is 4. The van der Waals surface area contributed by atoms with Crippen LogP contribution in [-0.4, -0.2) is 83.4 Å². The van der Waals surface area contributed by atoms with Gasteiger partial charge < -0.3 is 36.6 Å². The van der Waals surface area contributed by atoms with Gasteiger partial charge in [-0.3, -0.25) is 19.2 Å². The molecule has 6 N–H and O–H groups in total. The van der Waals surface area contributed by atoms with Crippen LogP contribution in [0.3, 0.4) is 0 Å². The molecule has 1 aliphatic heterocycles. The van der Waals surface area contributed by atoms with Crippen molar-refractivity contribution in [3.8, 4) is 0 Å². The van der Waals surface area contributed by atoms with Gasteiger partial charge in [0, 0.05) is 18.5 Å². The normalized spacial score (nSPS) is 23.2. The number of rotatable bonds is 14. The van der Waals surface area contributed by atoms with Crippen molar-refractivity contribution in [2.24, 2.45) is 11.1 Å². The SMILES string of the molecule is C=CCNC(=O)C(=O)C(CCC)NC(=O)[C@@H]1C[C@@H](OC(N)=O)CN1C(=O)[C@@H](NC(=O)NC1(CC)CCCCC1)C1(C)CCCCC1. The Kier molecular flexibility index (Phi) is 13.4. The number of hydrogen-bond donors (Lipinski definition) is 5. The summed E-state index contributed by atoms with van der Waals surface area (Å²) >= 11 is 0. The van der Waals surface area contributed by atoms with Gasteiger partial charge in [0.05, 0.1) is 12.6 Å². The fourth-order valence-corrected chi connectivity index (χ4v) is 7.33. The number of carbonyl (C=O) groups excluding carboxylic acids is 6. The molecule has 0 spiro atoms. The molecule has 4 atom stereocenters. The molecule has 0 radical (unpaired) electrons. The predicted octanol–water partition coefficient (Wildman–Crippen LogP) is 2.96. The summed E-state index contributed by atoms with van der Waals surface area (Å²) in [6, 6.07) is -3.62. The Hall–Kier alpha value is -3.64. The highest BCUT2D eigenvalue weighted by molar-refractivity contribution is 6.38. The Labute approximate surface area is 272 Å². The largest absolute Gasteiger partial charge is 0.444 e. The number of amides is 6. The van der Waals surface area contributed by atoms with Crippen molar-refractivity contribution in [2.45, 2.75) is 140 Å². The summed E-state index contributed by atoms with van der Waals surface area (Å²) in [6.07, 6.45) is 10.1. The molecule has 6 amide bonds. The van der Waals surface area contributed by atoms with Gasteiger partial charge in [-0.2, -0.15) is 0 Å². The van der Waals surface area contributed by atoms with E-state index in [0.29, 0.717) is 19.3 Å². The number of nitrogens with zero attached hydrogens (tertiary/aromatic N) is 1. The zero-order valence-corrected chi connectivity index (χ0v) is 27.8. The molecule has 0 bridgehead atoms. The van der Waals surface area contributed by atoms with Crippen molar-refractivity contribution in [2.75, 3.05) is 13.1 Å². The molecule has 0 aromatic rings. The van der Waals surface area contributed by atoms with Crippen molar-refractivity contribution < 1.29 is 33.5 Å². The molecule has 3 rings (SSSR count). The van der Waals surface area contributed by atoms with Crippen LogP contribution in [0.4, 0.5) is 9.59 Å². The lowest BCUT2D eigenvalue weighted by Crippen LogP contribution is -2.63. The third-order valence-electron chi connectivity index (χ3n) is 10.1. The summed E-state index contributed by atoms with van der Waals surface area (Å²) in [7, 11) is 0. The number of hydrogen-bond acceptors (Lipinski definition) is 7. The highest BCUT2D eigenvalue weighted by atomic mass is 16.6. The van der Waals surface area contributed by atoms with Gasteiger partial charge in [0.25, 0.3) is 5.91 Å². The van der Waals surface area contributed by atoms with Gasteiger partial charge in [-0.05, 0) is 43.9 Å². The minimum Gasteiger partial charge on any atom is -0.444 e. The lowest BCUT2D eigenvalue weighted by atomic mass is 9.70. The van der Waals surface area contributed by atoms with Gasteiger partial charge in [-0.15, -0.1) is 6.58 Å². The first-order chi connectivity index (χ1) is 21.9. The minimum absolute atomic E-state index is 0.0508. The van der Waals surface area contributed by atoms with Crippen molar-refractivity contribution in [1.82, 2.24) is 26.2 Å². The zero-order valence-electron chi connectivity index (χ0n) is 27.8. The third-order valence-corrected chi connectivity index (χ3v) is 10.1. The van der Waals surface area contributed by atoms with Crippen LogP contribution >= 0.6 is 0 Å². The Morgan fingerprint density at radius 1 is 0.978 bits per heavy atom. The Morgan fingerprint density at radius 3 is 2.17 bits per heavy atom. The van der Waals surface area contributed by atoms with E-state index >= 15 is 0 Å². The molecular formula is C33H54N6O7. The number of likely N-dealkylation sites (tertiary alicyclic amines) is 1. The number of primary amides is 1. The Morgan fingerprint density at radius 2 is 1.61 bits per heavy atom. The third kappa shape index (κ3) is 9.45. The molecule has 3 aliphatic rings. The average Bonchev–Trinajstić information content (AvgIpc) is 3.45. The van der Waals surface area contributed by atoms with Crippen LogP contribution in [-0.2, 0) is 23.9 Å². The number of ether oxygens (including phenoxy) is 1. The van der Waals surface area contributed by atoms with Crippen LogP contribution in [0.15, 0.2) is 12.7 Å². The van der Waals surface area contributed by atoms with Crippen LogP contribution < -0.4 is 27.0 Å². The molecule has 46 heavy (non-hydrogen) atoms. The van der Waals surface area contributed by atoms with Crippen LogP contribution in [0.2, 0.25) is 0 Å². The number of nitrogens with two attached hydrogens (primary N) is 1. The van der Waals surface area contributed by atoms with Crippen LogP contribution in [0, 0.1) is 5.41 Å². The smallest absolute Gasteiger partial charge is 0.404 e. The summed E-state index contributed by atoms with van der Waals surface area (Å²) in [5.41, 5.74) is 4.39. The van der Waals surface area contributed by atoms with E-state index in [2.05, 4.69) is 34.8 Å². The predicted molar refractivity (Wildman–Crippen MR) is 172 cm³/mol. The number of Topliss-reactive ketones (excluding diaryl/α,β-unsaturated/α-hetero) is 1. The van der Waals surface area contributed by atoms with E-state index in [1.165, 1.54) is 11.0 Å². The van der Waals surface area contributed by atoms with Crippen molar-refractivity contribution in [3.63, 3.8) is 0 Å². The second kappa shape index (κ2) is 16.8. The Balaban J connectivity index is 1.89. The standard InChI is InChI=1S/C33H54N6O7/c1-5-14-23(25(40)28(42)35-19-6-2)36-27(41)24-20-22(46-30(34)44)21-39(24)29(43)26(32(4)15-10-8-11-16-32)37-31(45)38-33(7-3)17-12-9-13-18-33/h6,22-24,26H,2,5,7-21H2,1,3-4H3,(H2,34,44)(H,35,42)(H,36,41)(H2,37,38,45)/t22-,23?,24+,26-/m1/s1. The summed E-state index contributed by atoms with van der Waals surface area (Å²) < 4.78 is 5.24. The number of urea groups is 1. The highest BCUT2D eigenvalue weighted by Crippen LogP contribution is 2.40. The maximum absolute atomic E-state index is 14.5. The molecule has 13 heteroatoms. The lowest BCUT2D eigenvalue weighted by molar-refractivity contribution is -0.144. The molecule has 1 heterocycles. The van der Waals surface area contributed by atoms with E-state index < -0.39 is 65.3 Å². The minimum atomic E-state index is -1.12. The fraction of sp³-hybridized carbons (Fsp3) is 0.758. The van der Waals surface area contributed by atoms with Gasteiger partial charge in [0.1, 0.15) is 18.2 Å². The number of carbonyl (C=O) groups is 6. The molecular weight excluding hydrogens is 592 g/mol. The number of ketones is 1. The topological polar surface area (TPSA) is 189 Å². The first-order valence-corrected chi connectivity index (χ1v) is 17.0. The fourth-order valence-electron chi connectivity index (χ4n) is 7.33. The molecule has 258 valence electrons. The van der Waals surface area contributed by atoms with Gasteiger partial charge >= 0.3 is 12.1 Å².